The molecule has 5 nitrogen and oxygen atoms in total. The van der Waals surface area contributed by atoms with Gasteiger partial charge in [0, 0.05) is 44.1 Å². The van der Waals surface area contributed by atoms with Crippen LogP contribution in [0.3, 0.4) is 0 Å². The normalized spacial score (nSPS) is 14.6. The zero-order chi connectivity index (χ0) is 19.3. The first-order chi connectivity index (χ1) is 13.7. The van der Waals surface area contributed by atoms with E-state index in [4.69, 9.17) is 0 Å². The monoisotopic (exact) mass is 373 g/mol. The van der Waals surface area contributed by atoms with Gasteiger partial charge in [0.05, 0.1) is 5.56 Å². The smallest absolute Gasteiger partial charge is 0.255 e. The summed E-state index contributed by atoms with van der Waals surface area (Å²) in [5, 5.41) is 0. The molecule has 1 saturated heterocycles. The van der Waals surface area contributed by atoms with Gasteiger partial charge in [0.25, 0.3) is 11.8 Å². The molecule has 2 amide bonds. The Morgan fingerprint density at radius 3 is 1.89 bits per heavy atom. The van der Waals surface area contributed by atoms with Gasteiger partial charge in [-0.3, -0.25) is 9.59 Å². The molecule has 1 aliphatic heterocycles. The molecule has 0 radical (unpaired) electrons. The third kappa shape index (κ3) is 3.83. The van der Waals surface area contributed by atoms with Crippen LogP contribution in [-0.4, -0.2) is 52.8 Å². The van der Waals surface area contributed by atoms with Crippen molar-refractivity contribution in [1.29, 1.82) is 0 Å². The Kier molecular flexibility index (Phi) is 5.24. The minimum absolute atomic E-state index is 0.0164. The Hall–Kier alpha value is -3.34. The Morgan fingerprint density at radius 1 is 0.679 bits per heavy atom. The summed E-state index contributed by atoms with van der Waals surface area (Å²) in [6, 6.07) is 19.7. The van der Waals surface area contributed by atoms with Crippen LogP contribution in [-0.2, 0) is 0 Å². The molecule has 0 aliphatic carbocycles. The molecule has 0 saturated carbocycles. The van der Waals surface area contributed by atoms with Gasteiger partial charge in [0.15, 0.2) is 0 Å². The Balaban J connectivity index is 1.42. The molecular weight excluding hydrogens is 350 g/mol. The molecule has 1 fully saturated rings. The number of carbonyl (C=O) groups is 2. The molecule has 1 aliphatic rings. The number of rotatable bonds is 3. The van der Waals surface area contributed by atoms with Crippen LogP contribution < -0.4 is 0 Å². The van der Waals surface area contributed by atoms with Gasteiger partial charge in [0.1, 0.15) is 0 Å². The van der Waals surface area contributed by atoms with Crippen LogP contribution in [0.15, 0.2) is 73.1 Å². The lowest BCUT2D eigenvalue weighted by molar-refractivity contribution is 0.0719. The number of aromatic nitrogens is 1. The van der Waals surface area contributed by atoms with Gasteiger partial charge in [-0.2, -0.15) is 0 Å². The molecule has 0 spiro atoms. The summed E-state index contributed by atoms with van der Waals surface area (Å²) in [6.07, 6.45) is 4.24. The van der Waals surface area contributed by atoms with E-state index in [1.54, 1.807) is 18.5 Å². The largest absolute Gasteiger partial charge is 0.367 e. The van der Waals surface area contributed by atoms with Crippen LogP contribution in [0.2, 0.25) is 0 Å². The second kappa shape index (κ2) is 8.13. The molecule has 3 aromatic rings. The minimum atomic E-state index is 0.0164. The number of H-pyrrole nitrogens is 1. The number of nitrogens with zero attached hydrogens (tertiary/aromatic N) is 2. The molecule has 0 atom stereocenters. The summed E-state index contributed by atoms with van der Waals surface area (Å²) >= 11 is 0. The van der Waals surface area contributed by atoms with Crippen LogP contribution in [0.5, 0.6) is 0 Å². The number of aromatic amines is 1. The first-order valence-electron chi connectivity index (χ1n) is 9.59. The van der Waals surface area contributed by atoms with E-state index in [1.165, 1.54) is 0 Å². The summed E-state index contributed by atoms with van der Waals surface area (Å²) in [5.41, 5.74) is 3.58. The summed E-state index contributed by atoms with van der Waals surface area (Å²) in [5.74, 6) is 0.0401. The molecule has 142 valence electrons. The Morgan fingerprint density at radius 2 is 1.29 bits per heavy atom. The summed E-state index contributed by atoms with van der Waals surface area (Å²) in [6.45, 7) is 2.43. The summed E-state index contributed by atoms with van der Waals surface area (Å²) < 4.78 is 0. The maximum absolute atomic E-state index is 12.9. The lowest BCUT2D eigenvalue weighted by Gasteiger charge is -2.22. The second-order valence-electron chi connectivity index (χ2n) is 6.98. The van der Waals surface area contributed by atoms with Crippen molar-refractivity contribution in [2.24, 2.45) is 0 Å². The van der Waals surface area contributed by atoms with Gasteiger partial charge in [-0.05, 0) is 35.7 Å². The average Bonchev–Trinajstić information content (AvgIpc) is 3.18. The molecule has 28 heavy (non-hydrogen) atoms. The molecule has 5 heteroatoms. The van der Waals surface area contributed by atoms with Crippen LogP contribution >= 0.6 is 0 Å². The topological polar surface area (TPSA) is 56.4 Å². The van der Waals surface area contributed by atoms with Gasteiger partial charge in [0.2, 0.25) is 0 Å². The van der Waals surface area contributed by atoms with E-state index >= 15 is 0 Å². The van der Waals surface area contributed by atoms with E-state index < -0.39 is 0 Å². The maximum Gasteiger partial charge on any atom is 0.255 e. The van der Waals surface area contributed by atoms with E-state index in [0.29, 0.717) is 37.3 Å². The van der Waals surface area contributed by atoms with Crippen molar-refractivity contribution in [2.75, 3.05) is 26.2 Å². The van der Waals surface area contributed by atoms with Gasteiger partial charge in [-0.1, -0.05) is 42.5 Å². The van der Waals surface area contributed by atoms with E-state index in [0.717, 1.165) is 17.5 Å². The van der Waals surface area contributed by atoms with Gasteiger partial charge >= 0.3 is 0 Å². The SMILES string of the molecule is O=C(c1ccc(-c2ccccc2)cc1)N1CCCN(C(=O)c2cc[nH]c2)CC1. The van der Waals surface area contributed by atoms with Crippen molar-refractivity contribution < 1.29 is 9.59 Å². The van der Waals surface area contributed by atoms with Gasteiger partial charge in [-0.25, -0.2) is 0 Å². The van der Waals surface area contributed by atoms with Crippen LogP contribution in [0, 0.1) is 0 Å². The second-order valence-corrected chi connectivity index (χ2v) is 6.98. The lowest BCUT2D eigenvalue weighted by atomic mass is 10.0. The first kappa shape index (κ1) is 18.0. The lowest BCUT2D eigenvalue weighted by Crippen LogP contribution is -2.37. The van der Waals surface area contributed by atoms with Crippen LogP contribution in [0.25, 0.3) is 11.1 Å². The predicted octanol–water partition coefficient (Wildman–Crippen LogP) is 3.67. The third-order valence-electron chi connectivity index (χ3n) is 5.15. The van der Waals surface area contributed by atoms with E-state index in [9.17, 15) is 9.59 Å². The number of amides is 2. The van der Waals surface area contributed by atoms with Gasteiger partial charge < -0.3 is 14.8 Å². The van der Waals surface area contributed by atoms with Crippen molar-refractivity contribution in [2.45, 2.75) is 6.42 Å². The maximum atomic E-state index is 12.9. The number of nitrogens with one attached hydrogen (secondary N) is 1. The highest BCUT2D eigenvalue weighted by atomic mass is 16.2. The summed E-state index contributed by atoms with van der Waals surface area (Å²) in [4.78, 5) is 32.1. The van der Waals surface area contributed by atoms with E-state index in [-0.39, 0.29) is 11.8 Å². The summed E-state index contributed by atoms with van der Waals surface area (Å²) in [7, 11) is 0. The molecule has 1 aromatic heterocycles. The fraction of sp³-hybridized carbons (Fsp3) is 0.217. The molecule has 2 aromatic carbocycles. The zero-order valence-corrected chi connectivity index (χ0v) is 15.7. The third-order valence-corrected chi connectivity index (χ3v) is 5.15. The molecule has 0 bridgehead atoms. The van der Waals surface area contributed by atoms with Crippen molar-refractivity contribution in [3.05, 3.63) is 84.2 Å². The number of benzene rings is 2. The van der Waals surface area contributed by atoms with Crippen molar-refractivity contribution in [3.8, 4) is 11.1 Å². The number of hydrogen-bond donors (Lipinski definition) is 1. The van der Waals surface area contributed by atoms with E-state index in [1.807, 2.05) is 52.3 Å². The molecule has 2 heterocycles. The van der Waals surface area contributed by atoms with Crippen LogP contribution in [0.1, 0.15) is 27.1 Å². The predicted molar refractivity (Wildman–Crippen MR) is 109 cm³/mol. The van der Waals surface area contributed by atoms with Crippen molar-refractivity contribution in [1.82, 2.24) is 14.8 Å². The molecule has 1 N–H and O–H groups in total. The zero-order valence-electron chi connectivity index (χ0n) is 15.7. The standard InChI is InChI=1S/C23H23N3O2/c27-22(20-9-7-19(8-10-20)18-5-2-1-3-6-18)25-13-4-14-26(16-15-25)23(28)21-11-12-24-17-21/h1-3,5-12,17,24H,4,13-16H2. The fourth-order valence-electron chi connectivity index (χ4n) is 3.58. The molecular formula is C23H23N3O2. The van der Waals surface area contributed by atoms with Crippen molar-refractivity contribution >= 4 is 11.8 Å². The Bertz CT molecular complexity index is 934. The number of hydrogen-bond acceptors (Lipinski definition) is 2. The highest BCUT2D eigenvalue weighted by Gasteiger charge is 2.23. The quantitative estimate of drug-likeness (QED) is 0.762. The average molecular weight is 373 g/mol. The van der Waals surface area contributed by atoms with E-state index in [2.05, 4.69) is 17.1 Å². The van der Waals surface area contributed by atoms with Gasteiger partial charge in [-0.15, -0.1) is 0 Å². The minimum Gasteiger partial charge on any atom is -0.367 e. The highest BCUT2D eigenvalue weighted by molar-refractivity contribution is 5.95. The number of carbonyl (C=O) groups excluding carboxylic acids is 2. The molecule has 0 unspecified atom stereocenters. The molecule has 4 rings (SSSR count). The van der Waals surface area contributed by atoms with Crippen LogP contribution in [0.4, 0.5) is 0 Å². The van der Waals surface area contributed by atoms with Crippen molar-refractivity contribution in [3.63, 3.8) is 0 Å². The Labute approximate surface area is 164 Å². The first-order valence-corrected chi connectivity index (χ1v) is 9.59. The fourth-order valence-corrected chi connectivity index (χ4v) is 3.58. The highest BCUT2D eigenvalue weighted by Crippen LogP contribution is 2.20.